The van der Waals surface area contributed by atoms with E-state index in [9.17, 15) is 4.79 Å². The maximum absolute atomic E-state index is 13.3. The molecule has 0 aliphatic heterocycles. The molecule has 1 atom stereocenters. The predicted octanol–water partition coefficient (Wildman–Crippen LogP) is 3.76. The quantitative estimate of drug-likeness (QED) is 0.625. The number of aryl methyl sites for hydroxylation is 2. The number of hydrogen-bond acceptors (Lipinski definition) is 5. The maximum Gasteiger partial charge on any atom is 0.262 e. The van der Waals surface area contributed by atoms with Crippen molar-refractivity contribution in [3.8, 4) is 0 Å². The molecule has 0 amide bonds. The van der Waals surface area contributed by atoms with Gasteiger partial charge in [-0.15, -0.1) is 11.3 Å². The second-order valence-electron chi connectivity index (χ2n) is 9.22. The summed E-state index contributed by atoms with van der Waals surface area (Å²) in [6.45, 7) is 1.74. The van der Waals surface area contributed by atoms with E-state index in [0.29, 0.717) is 12.0 Å². The number of rotatable bonds is 5. The average Bonchev–Trinajstić information content (AvgIpc) is 3.33. The van der Waals surface area contributed by atoms with E-state index in [1.807, 2.05) is 22.5 Å². The number of likely N-dealkylation sites (N-methyl/N-ethyl adjacent to an activating group) is 1. The Morgan fingerprint density at radius 3 is 2.83 bits per heavy atom. The zero-order chi connectivity index (χ0) is 20.7. The van der Waals surface area contributed by atoms with Crippen LogP contribution in [0.5, 0.6) is 0 Å². The Morgan fingerprint density at radius 2 is 2.07 bits per heavy atom. The Balaban J connectivity index is 1.36. The van der Waals surface area contributed by atoms with E-state index in [-0.39, 0.29) is 5.56 Å². The molecule has 7 heteroatoms. The smallest absolute Gasteiger partial charge is 0.262 e. The Labute approximate surface area is 181 Å². The molecule has 3 aromatic rings. The summed E-state index contributed by atoms with van der Waals surface area (Å²) >= 11 is 1.73. The normalized spacial score (nSPS) is 20.2. The van der Waals surface area contributed by atoms with Crippen molar-refractivity contribution >= 4 is 21.6 Å². The van der Waals surface area contributed by atoms with Crippen LogP contribution in [0, 0.1) is 5.92 Å². The van der Waals surface area contributed by atoms with Crippen LogP contribution in [0.3, 0.4) is 0 Å². The Morgan fingerprint density at radius 1 is 1.23 bits per heavy atom. The van der Waals surface area contributed by atoms with E-state index in [4.69, 9.17) is 4.98 Å². The van der Waals surface area contributed by atoms with Crippen molar-refractivity contribution in [2.24, 2.45) is 13.0 Å². The number of nitrogens with zero attached hydrogens (tertiary/aromatic N) is 5. The summed E-state index contributed by atoms with van der Waals surface area (Å²) < 4.78 is 3.75. The predicted molar refractivity (Wildman–Crippen MR) is 121 cm³/mol. The molecule has 2 aliphatic rings. The average molecular weight is 426 g/mol. The van der Waals surface area contributed by atoms with Gasteiger partial charge in [0.15, 0.2) is 0 Å². The molecule has 1 saturated carbocycles. The highest BCUT2D eigenvalue weighted by Crippen LogP contribution is 2.35. The van der Waals surface area contributed by atoms with Crippen LogP contribution >= 0.6 is 11.3 Å². The summed E-state index contributed by atoms with van der Waals surface area (Å²) in [6.07, 6.45) is 15.3. The fraction of sp³-hybridized carbons (Fsp3) is 0.609. The molecule has 30 heavy (non-hydrogen) atoms. The van der Waals surface area contributed by atoms with E-state index in [0.717, 1.165) is 42.6 Å². The van der Waals surface area contributed by atoms with Crippen LogP contribution in [0.2, 0.25) is 0 Å². The Hall–Kier alpha value is -1.99. The van der Waals surface area contributed by atoms with E-state index in [2.05, 4.69) is 23.2 Å². The second-order valence-corrected chi connectivity index (χ2v) is 10.3. The zero-order valence-electron chi connectivity index (χ0n) is 18.0. The molecule has 0 bridgehead atoms. The van der Waals surface area contributed by atoms with E-state index < -0.39 is 0 Å². The van der Waals surface area contributed by atoms with Gasteiger partial charge in [-0.3, -0.25) is 18.9 Å². The SMILES string of the molecule is CN(Cc1cnn(C)c1)C1CCc2c(sc3ncn(CC4CCCCC4)c(=O)c23)C1. The summed E-state index contributed by atoms with van der Waals surface area (Å²) in [4.78, 5) is 22.7. The van der Waals surface area contributed by atoms with Crippen LogP contribution in [-0.2, 0) is 33.0 Å². The first-order valence-corrected chi connectivity index (χ1v) is 12.1. The first kappa shape index (κ1) is 19.9. The van der Waals surface area contributed by atoms with Gasteiger partial charge in [0.05, 0.1) is 17.9 Å². The highest BCUT2D eigenvalue weighted by Gasteiger charge is 2.28. The molecule has 0 radical (unpaired) electrons. The largest absolute Gasteiger partial charge is 0.299 e. The minimum absolute atomic E-state index is 0.185. The standard InChI is InChI=1S/C23H31N5OS/c1-26(12-17-11-25-27(2)13-17)18-8-9-19-20(10-18)30-22-21(19)23(29)28(15-24-22)14-16-6-4-3-5-7-16/h11,13,15-16,18H,3-10,12,14H2,1-2H3. The van der Waals surface area contributed by atoms with Gasteiger partial charge in [-0.2, -0.15) is 5.10 Å². The molecular formula is C23H31N5OS. The van der Waals surface area contributed by atoms with Crippen molar-refractivity contribution < 1.29 is 0 Å². The highest BCUT2D eigenvalue weighted by molar-refractivity contribution is 7.18. The summed E-state index contributed by atoms with van der Waals surface area (Å²) in [5, 5.41) is 5.19. The third kappa shape index (κ3) is 3.85. The molecule has 3 heterocycles. The summed E-state index contributed by atoms with van der Waals surface area (Å²) in [7, 11) is 4.16. The molecule has 0 spiro atoms. The number of fused-ring (bicyclic) bond motifs is 3. The van der Waals surface area contributed by atoms with Crippen LogP contribution in [-0.4, -0.2) is 37.3 Å². The third-order valence-electron chi connectivity index (χ3n) is 7.00. The van der Waals surface area contributed by atoms with Gasteiger partial charge in [0.1, 0.15) is 4.83 Å². The summed E-state index contributed by atoms with van der Waals surface area (Å²) in [5.41, 5.74) is 2.70. The van der Waals surface area contributed by atoms with Crippen molar-refractivity contribution in [2.45, 2.75) is 70.5 Å². The van der Waals surface area contributed by atoms with Gasteiger partial charge in [-0.25, -0.2) is 4.98 Å². The van der Waals surface area contributed by atoms with Crippen LogP contribution in [0.15, 0.2) is 23.5 Å². The van der Waals surface area contributed by atoms with Gasteiger partial charge < -0.3 is 0 Å². The van der Waals surface area contributed by atoms with E-state index in [1.165, 1.54) is 48.1 Å². The highest BCUT2D eigenvalue weighted by atomic mass is 32.1. The topological polar surface area (TPSA) is 56.0 Å². The molecule has 0 N–H and O–H groups in total. The minimum atomic E-state index is 0.185. The van der Waals surface area contributed by atoms with Crippen LogP contribution < -0.4 is 5.56 Å². The number of aromatic nitrogens is 4. The molecule has 160 valence electrons. The Bertz CT molecular complexity index is 1090. The third-order valence-corrected chi connectivity index (χ3v) is 8.17. The van der Waals surface area contributed by atoms with Gasteiger partial charge in [0, 0.05) is 42.8 Å². The van der Waals surface area contributed by atoms with Gasteiger partial charge in [0.2, 0.25) is 0 Å². The second kappa shape index (κ2) is 8.27. The van der Waals surface area contributed by atoms with Crippen LogP contribution in [0.25, 0.3) is 10.2 Å². The first-order chi connectivity index (χ1) is 14.6. The van der Waals surface area contributed by atoms with Crippen molar-refractivity contribution in [1.82, 2.24) is 24.2 Å². The lowest BCUT2D eigenvalue weighted by atomic mass is 9.89. The lowest BCUT2D eigenvalue weighted by Crippen LogP contribution is -2.35. The molecular weight excluding hydrogens is 394 g/mol. The molecule has 3 aromatic heterocycles. The van der Waals surface area contributed by atoms with Crippen molar-refractivity contribution in [1.29, 1.82) is 0 Å². The fourth-order valence-corrected chi connectivity index (χ4v) is 6.56. The maximum atomic E-state index is 13.3. The monoisotopic (exact) mass is 425 g/mol. The number of thiophene rings is 1. The molecule has 1 fully saturated rings. The van der Waals surface area contributed by atoms with E-state index >= 15 is 0 Å². The zero-order valence-corrected chi connectivity index (χ0v) is 18.8. The van der Waals surface area contributed by atoms with E-state index in [1.54, 1.807) is 17.7 Å². The van der Waals surface area contributed by atoms with Gasteiger partial charge in [-0.1, -0.05) is 19.3 Å². The Kier molecular flexibility index (Phi) is 5.50. The van der Waals surface area contributed by atoms with Crippen molar-refractivity contribution in [3.05, 3.63) is 45.1 Å². The minimum Gasteiger partial charge on any atom is -0.299 e. The molecule has 0 saturated heterocycles. The van der Waals surface area contributed by atoms with Gasteiger partial charge >= 0.3 is 0 Å². The van der Waals surface area contributed by atoms with Crippen molar-refractivity contribution in [2.75, 3.05) is 7.05 Å². The van der Waals surface area contributed by atoms with Gasteiger partial charge in [-0.05, 0) is 50.6 Å². The molecule has 6 nitrogen and oxygen atoms in total. The summed E-state index contributed by atoms with van der Waals surface area (Å²) in [5.74, 6) is 0.635. The summed E-state index contributed by atoms with van der Waals surface area (Å²) in [6, 6.07) is 0.496. The van der Waals surface area contributed by atoms with Gasteiger partial charge in [0.25, 0.3) is 5.56 Å². The lowest BCUT2D eigenvalue weighted by Gasteiger charge is -2.31. The number of hydrogen-bond donors (Lipinski definition) is 0. The molecule has 5 rings (SSSR count). The van der Waals surface area contributed by atoms with Crippen LogP contribution in [0.4, 0.5) is 0 Å². The molecule has 2 aliphatic carbocycles. The molecule has 1 unspecified atom stereocenters. The fourth-order valence-electron chi connectivity index (χ4n) is 5.31. The van der Waals surface area contributed by atoms with Crippen molar-refractivity contribution in [3.63, 3.8) is 0 Å². The molecule has 0 aromatic carbocycles. The first-order valence-electron chi connectivity index (χ1n) is 11.3. The lowest BCUT2D eigenvalue weighted by molar-refractivity contribution is 0.215. The van der Waals surface area contributed by atoms with Crippen LogP contribution in [0.1, 0.15) is 54.5 Å².